The minimum atomic E-state index is -0.253. The second-order valence-electron chi connectivity index (χ2n) is 4.45. The third kappa shape index (κ3) is 3.06. The molecule has 0 spiro atoms. The van der Waals surface area contributed by atoms with Crippen LogP contribution in [0.2, 0.25) is 15.1 Å². The van der Waals surface area contributed by atoms with Gasteiger partial charge in [0.15, 0.2) is 0 Å². The molecule has 2 aromatic rings. The number of halogens is 3. The molecule has 0 saturated carbocycles. The summed E-state index contributed by atoms with van der Waals surface area (Å²) in [6, 6.07) is 5.05. The van der Waals surface area contributed by atoms with Crippen LogP contribution in [0.1, 0.15) is 23.0 Å². The topological polar surface area (TPSA) is 43.8 Å². The highest BCUT2D eigenvalue weighted by atomic mass is 35.5. The minimum Gasteiger partial charge on any atom is -0.324 e. The third-order valence-corrected chi connectivity index (χ3v) is 4.09. The van der Waals surface area contributed by atoms with E-state index in [0.29, 0.717) is 21.5 Å². The molecule has 1 aromatic heterocycles. The van der Waals surface area contributed by atoms with Crippen LogP contribution in [0.25, 0.3) is 0 Å². The highest BCUT2D eigenvalue weighted by Gasteiger charge is 2.17. The Kier molecular flexibility index (Phi) is 4.41. The molecular formula is C13H14Cl3N3. The van der Waals surface area contributed by atoms with Gasteiger partial charge in [-0.1, -0.05) is 40.9 Å². The van der Waals surface area contributed by atoms with Crippen molar-refractivity contribution in [2.24, 2.45) is 12.8 Å². The van der Waals surface area contributed by atoms with Gasteiger partial charge in [-0.15, -0.1) is 0 Å². The van der Waals surface area contributed by atoms with Crippen LogP contribution in [0.4, 0.5) is 0 Å². The van der Waals surface area contributed by atoms with Gasteiger partial charge in [-0.3, -0.25) is 4.68 Å². The molecule has 3 nitrogen and oxygen atoms in total. The molecule has 102 valence electrons. The maximum absolute atomic E-state index is 6.22. The summed E-state index contributed by atoms with van der Waals surface area (Å²) in [7, 11) is 1.85. The Balaban J connectivity index is 2.28. The van der Waals surface area contributed by atoms with E-state index in [0.717, 1.165) is 17.0 Å². The molecule has 0 aliphatic heterocycles. The molecule has 1 aromatic carbocycles. The number of aromatic nitrogens is 2. The van der Waals surface area contributed by atoms with E-state index >= 15 is 0 Å². The number of rotatable bonds is 3. The summed E-state index contributed by atoms with van der Waals surface area (Å²) >= 11 is 18.2. The predicted octanol–water partition coefficient (Wildman–Crippen LogP) is 3.93. The van der Waals surface area contributed by atoms with Gasteiger partial charge in [0.25, 0.3) is 0 Å². The van der Waals surface area contributed by atoms with Crippen molar-refractivity contribution in [2.45, 2.75) is 19.4 Å². The second kappa shape index (κ2) is 5.71. The zero-order valence-corrected chi connectivity index (χ0v) is 12.9. The first kappa shape index (κ1) is 14.7. The maximum atomic E-state index is 6.22. The van der Waals surface area contributed by atoms with Gasteiger partial charge in [0.2, 0.25) is 0 Å². The molecule has 0 bridgehead atoms. The van der Waals surface area contributed by atoms with E-state index in [2.05, 4.69) is 5.10 Å². The van der Waals surface area contributed by atoms with Crippen LogP contribution in [-0.4, -0.2) is 9.78 Å². The van der Waals surface area contributed by atoms with Gasteiger partial charge >= 0.3 is 0 Å². The van der Waals surface area contributed by atoms with Crippen LogP contribution in [0.5, 0.6) is 0 Å². The van der Waals surface area contributed by atoms with Crippen LogP contribution in [0.15, 0.2) is 18.2 Å². The van der Waals surface area contributed by atoms with E-state index in [1.165, 1.54) is 0 Å². The monoisotopic (exact) mass is 317 g/mol. The Hall–Kier alpha value is -0.740. The van der Waals surface area contributed by atoms with Gasteiger partial charge in [-0.2, -0.15) is 5.10 Å². The van der Waals surface area contributed by atoms with Gasteiger partial charge in [0, 0.05) is 29.6 Å². The molecule has 19 heavy (non-hydrogen) atoms. The minimum absolute atomic E-state index is 0.253. The van der Waals surface area contributed by atoms with Gasteiger partial charge in [-0.25, -0.2) is 0 Å². The van der Waals surface area contributed by atoms with E-state index in [1.807, 2.05) is 20.0 Å². The lowest BCUT2D eigenvalue weighted by Crippen LogP contribution is -2.16. The first-order valence-corrected chi connectivity index (χ1v) is 6.92. The molecule has 1 atom stereocenters. The molecular weight excluding hydrogens is 305 g/mol. The predicted molar refractivity (Wildman–Crippen MR) is 80.0 cm³/mol. The lowest BCUT2D eigenvalue weighted by molar-refractivity contribution is 0.640. The normalized spacial score (nSPS) is 12.7. The summed E-state index contributed by atoms with van der Waals surface area (Å²) in [5.41, 5.74) is 8.75. The van der Waals surface area contributed by atoms with Crippen LogP contribution >= 0.6 is 34.8 Å². The molecule has 0 aliphatic rings. The van der Waals surface area contributed by atoms with Crippen LogP contribution < -0.4 is 5.73 Å². The number of benzene rings is 1. The summed E-state index contributed by atoms with van der Waals surface area (Å²) in [6.07, 6.45) is 0.567. The lowest BCUT2D eigenvalue weighted by Gasteiger charge is -2.14. The number of hydrogen-bond donors (Lipinski definition) is 1. The van der Waals surface area contributed by atoms with Crippen LogP contribution in [0.3, 0.4) is 0 Å². The van der Waals surface area contributed by atoms with Crippen molar-refractivity contribution in [1.82, 2.24) is 9.78 Å². The molecule has 2 rings (SSSR count). The molecule has 0 radical (unpaired) electrons. The summed E-state index contributed by atoms with van der Waals surface area (Å²) in [5.74, 6) is 0. The van der Waals surface area contributed by atoms with Gasteiger partial charge in [0.1, 0.15) is 0 Å². The zero-order chi connectivity index (χ0) is 14.2. The lowest BCUT2D eigenvalue weighted by atomic mass is 10.0. The van der Waals surface area contributed by atoms with Crippen molar-refractivity contribution >= 4 is 34.8 Å². The number of aryl methyl sites for hydroxylation is 2. The number of nitrogens with zero attached hydrogens (tertiary/aromatic N) is 2. The van der Waals surface area contributed by atoms with Gasteiger partial charge in [-0.05, 0) is 24.6 Å². The first-order chi connectivity index (χ1) is 8.90. The largest absolute Gasteiger partial charge is 0.324 e. The summed E-state index contributed by atoms with van der Waals surface area (Å²) < 4.78 is 1.75. The van der Waals surface area contributed by atoms with Gasteiger partial charge in [0.05, 0.1) is 16.4 Å². The van der Waals surface area contributed by atoms with Crippen molar-refractivity contribution in [3.63, 3.8) is 0 Å². The van der Waals surface area contributed by atoms with Crippen molar-refractivity contribution < 1.29 is 0 Å². The first-order valence-electron chi connectivity index (χ1n) is 5.78. The third-order valence-electron chi connectivity index (χ3n) is 3.04. The Morgan fingerprint density at radius 3 is 2.53 bits per heavy atom. The molecule has 0 aliphatic carbocycles. The van der Waals surface area contributed by atoms with Crippen LogP contribution in [0, 0.1) is 6.92 Å². The van der Waals surface area contributed by atoms with E-state index in [1.54, 1.807) is 16.8 Å². The molecule has 0 fully saturated rings. The van der Waals surface area contributed by atoms with Crippen molar-refractivity contribution in [3.05, 3.63) is 50.2 Å². The van der Waals surface area contributed by atoms with E-state index < -0.39 is 0 Å². The zero-order valence-electron chi connectivity index (χ0n) is 10.6. The summed E-state index contributed by atoms with van der Waals surface area (Å²) in [4.78, 5) is 0. The summed E-state index contributed by atoms with van der Waals surface area (Å²) in [5, 5.41) is 6.08. The Morgan fingerprint density at radius 2 is 2.00 bits per heavy atom. The van der Waals surface area contributed by atoms with E-state index in [9.17, 15) is 0 Å². The fraction of sp³-hybridized carbons (Fsp3) is 0.308. The molecule has 1 heterocycles. The smallest absolute Gasteiger partial charge is 0.0847 e. The average molecular weight is 319 g/mol. The van der Waals surface area contributed by atoms with Gasteiger partial charge < -0.3 is 5.73 Å². The quantitative estimate of drug-likeness (QED) is 0.932. The SMILES string of the molecule is Cc1nn(C)c(CC(N)c2ccc(Cl)cc2Cl)c1Cl. The molecule has 1 unspecified atom stereocenters. The van der Waals surface area contributed by atoms with Crippen molar-refractivity contribution in [3.8, 4) is 0 Å². The molecule has 6 heteroatoms. The second-order valence-corrected chi connectivity index (χ2v) is 5.67. The Labute approximate surface area is 127 Å². The molecule has 2 N–H and O–H groups in total. The average Bonchev–Trinajstić information content (AvgIpc) is 2.56. The van der Waals surface area contributed by atoms with Crippen molar-refractivity contribution in [1.29, 1.82) is 0 Å². The van der Waals surface area contributed by atoms with Crippen molar-refractivity contribution in [2.75, 3.05) is 0 Å². The van der Waals surface area contributed by atoms with E-state index in [-0.39, 0.29) is 6.04 Å². The molecule has 0 amide bonds. The highest BCUT2D eigenvalue weighted by molar-refractivity contribution is 6.35. The van der Waals surface area contributed by atoms with Crippen LogP contribution in [-0.2, 0) is 13.5 Å². The Bertz CT molecular complexity index is 607. The highest BCUT2D eigenvalue weighted by Crippen LogP contribution is 2.29. The number of hydrogen-bond acceptors (Lipinski definition) is 2. The number of nitrogens with two attached hydrogens (primary N) is 1. The maximum Gasteiger partial charge on any atom is 0.0847 e. The fourth-order valence-corrected chi connectivity index (χ4v) is 2.81. The molecule has 0 saturated heterocycles. The Morgan fingerprint density at radius 1 is 1.32 bits per heavy atom. The standard InChI is InChI=1S/C13H14Cl3N3/c1-7-13(16)12(19(2)18-7)6-11(17)9-4-3-8(14)5-10(9)15/h3-5,11H,6,17H2,1-2H3. The van der Waals surface area contributed by atoms with E-state index in [4.69, 9.17) is 40.5 Å². The summed E-state index contributed by atoms with van der Waals surface area (Å²) in [6.45, 7) is 1.87. The fourth-order valence-electron chi connectivity index (χ4n) is 2.02.